The second-order valence-electron chi connectivity index (χ2n) is 5.74. The van der Waals surface area contributed by atoms with Gasteiger partial charge in [-0.25, -0.2) is 0 Å². The van der Waals surface area contributed by atoms with E-state index in [0.717, 1.165) is 11.1 Å². The van der Waals surface area contributed by atoms with Gasteiger partial charge < -0.3 is 10.2 Å². The zero-order valence-electron chi connectivity index (χ0n) is 14.2. The Hall–Kier alpha value is -2.62. The number of hydrogen-bond acceptors (Lipinski definition) is 2. The monoisotopic (exact) mass is 324 g/mol. The van der Waals surface area contributed by atoms with Gasteiger partial charge in [0.1, 0.15) is 6.04 Å². The Bertz CT molecular complexity index is 656. The highest BCUT2D eigenvalue weighted by atomic mass is 16.2. The zero-order chi connectivity index (χ0) is 17.4. The lowest BCUT2D eigenvalue weighted by molar-refractivity contribution is -0.140. The first-order chi connectivity index (χ1) is 11.6. The van der Waals surface area contributed by atoms with Gasteiger partial charge in [0, 0.05) is 13.1 Å². The topological polar surface area (TPSA) is 49.4 Å². The van der Waals surface area contributed by atoms with E-state index in [4.69, 9.17) is 0 Å². The van der Waals surface area contributed by atoms with E-state index in [9.17, 15) is 9.59 Å². The Labute approximate surface area is 143 Å². The average molecular weight is 324 g/mol. The summed E-state index contributed by atoms with van der Waals surface area (Å²) in [6.45, 7) is 4.62. The van der Waals surface area contributed by atoms with Gasteiger partial charge in [-0.15, -0.1) is 0 Å². The van der Waals surface area contributed by atoms with Gasteiger partial charge in [-0.05, 0) is 25.0 Å². The molecule has 2 aromatic carbocycles. The van der Waals surface area contributed by atoms with Crippen LogP contribution in [0.15, 0.2) is 60.7 Å². The Kier molecular flexibility index (Phi) is 6.55. The molecule has 1 N–H and O–H groups in total. The van der Waals surface area contributed by atoms with Crippen molar-refractivity contribution in [3.05, 3.63) is 71.8 Å². The van der Waals surface area contributed by atoms with Crippen molar-refractivity contribution in [3.63, 3.8) is 0 Å². The third-order valence-corrected chi connectivity index (χ3v) is 3.91. The number of hydrogen-bond donors (Lipinski definition) is 1. The number of likely N-dealkylation sites (N-methyl/N-ethyl adjacent to an activating group) is 1. The summed E-state index contributed by atoms with van der Waals surface area (Å²) >= 11 is 0. The summed E-state index contributed by atoms with van der Waals surface area (Å²) in [7, 11) is 0. The molecule has 0 fully saturated rings. The lowest BCUT2D eigenvalue weighted by Gasteiger charge is -2.28. The second kappa shape index (κ2) is 8.87. The summed E-state index contributed by atoms with van der Waals surface area (Å²) in [6, 6.07) is 18.8. The summed E-state index contributed by atoms with van der Waals surface area (Å²) < 4.78 is 0. The van der Waals surface area contributed by atoms with Crippen molar-refractivity contribution in [2.75, 3.05) is 6.54 Å². The Morgan fingerprint density at radius 3 is 2.04 bits per heavy atom. The van der Waals surface area contributed by atoms with E-state index >= 15 is 0 Å². The minimum absolute atomic E-state index is 0.0520. The summed E-state index contributed by atoms with van der Waals surface area (Å²) in [5.74, 6) is -0.182. The molecule has 2 aromatic rings. The first-order valence-electron chi connectivity index (χ1n) is 8.26. The van der Waals surface area contributed by atoms with E-state index in [2.05, 4.69) is 5.32 Å². The summed E-state index contributed by atoms with van der Waals surface area (Å²) in [4.78, 5) is 26.7. The quantitative estimate of drug-likeness (QED) is 0.851. The predicted octanol–water partition coefficient (Wildman–Crippen LogP) is 2.78. The third-order valence-electron chi connectivity index (χ3n) is 3.91. The fourth-order valence-electron chi connectivity index (χ4n) is 2.56. The maximum atomic E-state index is 12.8. The van der Waals surface area contributed by atoms with Gasteiger partial charge in [0.05, 0.1) is 6.42 Å². The van der Waals surface area contributed by atoms with Gasteiger partial charge in [0.25, 0.3) is 0 Å². The molecule has 4 nitrogen and oxygen atoms in total. The number of carbonyl (C=O) groups excluding carboxylic acids is 2. The molecule has 0 bridgehead atoms. The maximum absolute atomic E-state index is 12.8. The molecule has 1 unspecified atom stereocenters. The number of carbonyl (C=O) groups is 2. The molecule has 24 heavy (non-hydrogen) atoms. The molecule has 0 aliphatic heterocycles. The SMILES string of the molecule is CCNC(=O)C(C)N(Cc1ccccc1)C(=O)Cc1ccccc1. The van der Waals surface area contributed by atoms with E-state index in [1.165, 1.54) is 0 Å². The number of rotatable bonds is 7. The molecule has 1 atom stereocenters. The minimum Gasteiger partial charge on any atom is -0.355 e. The molecular formula is C20H24N2O2. The van der Waals surface area contributed by atoms with Gasteiger partial charge in [-0.1, -0.05) is 60.7 Å². The van der Waals surface area contributed by atoms with Gasteiger partial charge in [0.15, 0.2) is 0 Å². The summed E-state index contributed by atoms with van der Waals surface area (Å²) in [6.07, 6.45) is 0.289. The molecule has 0 aliphatic carbocycles. The standard InChI is InChI=1S/C20H24N2O2/c1-3-21-20(24)16(2)22(15-18-12-8-5-9-13-18)19(23)14-17-10-6-4-7-11-17/h4-13,16H,3,14-15H2,1-2H3,(H,21,24). The van der Waals surface area contributed by atoms with Crippen LogP contribution in [0, 0.1) is 0 Å². The van der Waals surface area contributed by atoms with E-state index in [0.29, 0.717) is 13.1 Å². The molecule has 0 aromatic heterocycles. The van der Waals surface area contributed by atoms with Crippen LogP contribution in [0.2, 0.25) is 0 Å². The van der Waals surface area contributed by atoms with Crippen molar-refractivity contribution in [2.24, 2.45) is 0 Å². The normalized spacial score (nSPS) is 11.6. The van der Waals surface area contributed by atoms with E-state index in [1.807, 2.05) is 67.6 Å². The Morgan fingerprint density at radius 1 is 0.958 bits per heavy atom. The predicted molar refractivity (Wildman–Crippen MR) is 95.3 cm³/mol. The maximum Gasteiger partial charge on any atom is 0.242 e. The van der Waals surface area contributed by atoms with Crippen molar-refractivity contribution in [3.8, 4) is 0 Å². The van der Waals surface area contributed by atoms with Gasteiger partial charge in [-0.3, -0.25) is 9.59 Å². The lowest BCUT2D eigenvalue weighted by Crippen LogP contribution is -2.48. The molecule has 0 saturated heterocycles. The fraction of sp³-hybridized carbons (Fsp3) is 0.300. The Morgan fingerprint density at radius 2 is 1.50 bits per heavy atom. The minimum atomic E-state index is -0.513. The van der Waals surface area contributed by atoms with Crippen LogP contribution < -0.4 is 5.32 Å². The van der Waals surface area contributed by atoms with Crippen molar-refractivity contribution in [1.82, 2.24) is 10.2 Å². The van der Waals surface area contributed by atoms with E-state index < -0.39 is 6.04 Å². The van der Waals surface area contributed by atoms with E-state index in [-0.39, 0.29) is 18.2 Å². The number of benzene rings is 2. The molecule has 0 heterocycles. The molecule has 4 heteroatoms. The molecule has 126 valence electrons. The van der Waals surface area contributed by atoms with Crippen molar-refractivity contribution < 1.29 is 9.59 Å². The van der Waals surface area contributed by atoms with Crippen LogP contribution in [0.25, 0.3) is 0 Å². The highest BCUT2D eigenvalue weighted by Gasteiger charge is 2.25. The van der Waals surface area contributed by atoms with Crippen LogP contribution in [-0.4, -0.2) is 29.3 Å². The molecule has 0 aliphatic rings. The molecule has 0 radical (unpaired) electrons. The van der Waals surface area contributed by atoms with Crippen molar-refractivity contribution >= 4 is 11.8 Å². The van der Waals surface area contributed by atoms with Gasteiger partial charge in [-0.2, -0.15) is 0 Å². The molecular weight excluding hydrogens is 300 g/mol. The number of amides is 2. The molecule has 0 saturated carbocycles. The van der Waals surface area contributed by atoms with Crippen LogP contribution in [0.3, 0.4) is 0 Å². The van der Waals surface area contributed by atoms with Crippen molar-refractivity contribution in [1.29, 1.82) is 0 Å². The summed E-state index contributed by atoms with van der Waals surface area (Å²) in [5.41, 5.74) is 1.96. The van der Waals surface area contributed by atoms with Gasteiger partial charge >= 0.3 is 0 Å². The van der Waals surface area contributed by atoms with Crippen LogP contribution >= 0.6 is 0 Å². The van der Waals surface area contributed by atoms with Crippen LogP contribution in [0.1, 0.15) is 25.0 Å². The van der Waals surface area contributed by atoms with E-state index in [1.54, 1.807) is 11.8 Å². The second-order valence-corrected chi connectivity index (χ2v) is 5.74. The van der Waals surface area contributed by atoms with Crippen LogP contribution in [0.4, 0.5) is 0 Å². The van der Waals surface area contributed by atoms with Gasteiger partial charge in [0.2, 0.25) is 11.8 Å². The molecule has 0 spiro atoms. The molecule has 2 amide bonds. The molecule has 2 rings (SSSR count). The summed E-state index contributed by atoms with van der Waals surface area (Å²) in [5, 5.41) is 2.80. The third kappa shape index (κ3) is 4.95. The number of nitrogens with zero attached hydrogens (tertiary/aromatic N) is 1. The Balaban J connectivity index is 2.17. The first-order valence-corrected chi connectivity index (χ1v) is 8.26. The highest BCUT2D eigenvalue weighted by Crippen LogP contribution is 2.12. The largest absolute Gasteiger partial charge is 0.355 e. The average Bonchev–Trinajstić information content (AvgIpc) is 2.61. The van der Waals surface area contributed by atoms with Crippen molar-refractivity contribution in [2.45, 2.75) is 32.9 Å². The number of nitrogens with one attached hydrogen (secondary N) is 1. The van der Waals surface area contributed by atoms with Crippen LogP contribution in [-0.2, 0) is 22.6 Å². The highest BCUT2D eigenvalue weighted by molar-refractivity contribution is 5.88. The van der Waals surface area contributed by atoms with Crippen LogP contribution in [0.5, 0.6) is 0 Å². The lowest BCUT2D eigenvalue weighted by atomic mass is 10.1. The zero-order valence-corrected chi connectivity index (χ0v) is 14.2. The smallest absolute Gasteiger partial charge is 0.242 e. The first kappa shape index (κ1) is 17.7. The fourth-order valence-corrected chi connectivity index (χ4v) is 2.56.